The maximum Gasteiger partial charge on any atom is 0.222 e. The van der Waals surface area contributed by atoms with Crippen LogP contribution in [0.1, 0.15) is 79.1 Å². The summed E-state index contributed by atoms with van der Waals surface area (Å²) in [5, 5.41) is 6.19. The maximum atomic E-state index is 12.0. The Bertz CT molecular complexity index is 387. The molecule has 0 rings (SSSR count). The average Bonchev–Trinajstić information content (AvgIpc) is 2.50. The van der Waals surface area contributed by atoms with E-state index in [1.165, 1.54) is 19.3 Å². The minimum atomic E-state index is -0.393. The van der Waals surface area contributed by atoms with Gasteiger partial charge in [0.2, 0.25) is 5.91 Å². The Balaban J connectivity index is 3.90. The van der Waals surface area contributed by atoms with Crippen molar-refractivity contribution in [2.45, 2.75) is 90.6 Å². The van der Waals surface area contributed by atoms with Gasteiger partial charge in [-0.25, -0.2) is 0 Å². The van der Waals surface area contributed by atoms with Crippen LogP contribution in [-0.4, -0.2) is 43.1 Å². The molecule has 0 heterocycles. The normalized spacial score (nSPS) is 13.2. The van der Waals surface area contributed by atoms with Gasteiger partial charge in [0.1, 0.15) is 5.78 Å². The van der Waals surface area contributed by atoms with Gasteiger partial charge in [-0.2, -0.15) is 0 Å². The number of carbonyl (C=O) groups is 2. The van der Waals surface area contributed by atoms with E-state index < -0.39 is 6.04 Å². The molecular formula is C19H37N3O2. The lowest BCUT2D eigenvalue weighted by atomic mass is 10.0. The van der Waals surface area contributed by atoms with Crippen molar-refractivity contribution in [3.63, 3.8) is 0 Å². The zero-order valence-corrected chi connectivity index (χ0v) is 16.3. The van der Waals surface area contributed by atoms with Crippen molar-refractivity contribution < 1.29 is 9.59 Å². The van der Waals surface area contributed by atoms with Crippen LogP contribution in [-0.2, 0) is 9.59 Å². The first-order valence-corrected chi connectivity index (χ1v) is 9.28. The van der Waals surface area contributed by atoms with E-state index in [2.05, 4.69) is 15.6 Å². The molecule has 0 saturated heterocycles. The van der Waals surface area contributed by atoms with E-state index in [-0.39, 0.29) is 23.7 Å². The van der Waals surface area contributed by atoms with E-state index in [0.717, 1.165) is 19.3 Å². The van der Waals surface area contributed by atoms with Gasteiger partial charge in [0.15, 0.2) is 0 Å². The lowest BCUT2D eigenvalue weighted by molar-refractivity contribution is -0.127. The molecule has 0 spiro atoms. The molecule has 0 saturated carbocycles. The molecule has 0 aromatic heterocycles. The van der Waals surface area contributed by atoms with Gasteiger partial charge < -0.3 is 15.6 Å². The summed E-state index contributed by atoms with van der Waals surface area (Å²) in [5.74, 6) is 0.0494. The summed E-state index contributed by atoms with van der Waals surface area (Å²) < 4.78 is 0. The SMILES string of the molecule is CCC(=O)C(CC(=O)NCCCCCCCC=NC)NC(C)(C)C. The van der Waals surface area contributed by atoms with Crippen LogP contribution in [0.4, 0.5) is 0 Å². The van der Waals surface area contributed by atoms with E-state index in [9.17, 15) is 9.59 Å². The van der Waals surface area contributed by atoms with Gasteiger partial charge in [-0.15, -0.1) is 0 Å². The highest BCUT2D eigenvalue weighted by molar-refractivity contribution is 5.89. The number of amides is 1. The highest BCUT2D eigenvalue weighted by atomic mass is 16.2. The summed E-state index contributed by atoms with van der Waals surface area (Å²) in [7, 11) is 1.80. The molecule has 0 radical (unpaired) electrons. The van der Waals surface area contributed by atoms with Gasteiger partial charge in [-0.05, 0) is 46.2 Å². The molecule has 0 bridgehead atoms. The number of Topliss-reactive ketones (excluding diaryl/α,β-unsaturated/α-hetero) is 1. The van der Waals surface area contributed by atoms with Gasteiger partial charge in [-0.3, -0.25) is 9.59 Å². The highest BCUT2D eigenvalue weighted by Gasteiger charge is 2.24. The lowest BCUT2D eigenvalue weighted by Crippen LogP contribution is -2.49. The first-order chi connectivity index (χ1) is 11.3. The summed E-state index contributed by atoms with van der Waals surface area (Å²) >= 11 is 0. The van der Waals surface area contributed by atoms with Crippen molar-refractivity contribution in [1.29, 1.82) is 0 Å². The summed E-state index contributed by atoms with van der Waals surface area (Å²) in [6, 6.07) is -0.393. The predicted octanol–water partition coefficient (Wildman–Crippen LogP) is 3.27. The van der Waals surface area contributed by atoms with Gasteiger partial charge in [0, 0.05) is 32.0 Å². The lowest BCUT2D eigenvalue weighted by Gasteiger charge is -2.27. The molecule has 140 valence electrons. The van der Waals surface area contributed by atoms with Crippen LogP contribution in [0.5, 0.6) is 0 Å². The minimum absolute atomic E-state index is 0.0438. The second-order valence-electron chi connectivity index (χ2n) is 7.32. The third kappa shape index (κ3) is 13.2. The van der Waals surface area contributed by atoms with Crippen LogP contribution < -0.4 is 10.6 Å². The third-order valence-electron chi connectivity index (χ3n) is 3.75. The number of unbranched alkanes of at least 4 members (excludes halogenated alkanes) is 5. The Morgan fingerprint density at radius 1 is 1.08 bits per heavy atom. The minimum Gasteiger partial charge on any atom is -0.356 e. The molecule has 0 aliphatic rings. The molecule has 5 heteroatoms. The molecule has 1 amide bonds. The van der Waals surface area contributed by atoms with Crippen molar-refractivity contribution in [3.8, 4) is 0 Å². The fourth-order valence-electron chi connectivity index (χ4n) is 2.52. The van der Waals surface area contributed by atoms with Crippen molar-refractivity contribution in [2.24, 2.45) is 4.99 Å². The van der Waals surface area contributed by atoms with Gasteiger partial charge in [0.25, 0.3) is 0 Å². The predicted molar refractivity (Wildman–Crippen MR) is 102 cm³/mol. The van der Waals surface area contributed by atoms with Crippen LogP contribution >= 0.6 is 0 Å². The fourth-order valence-corrected chi connectivity index (χ4v) is 2.52. The van der Waals surface area contributed by atoms with Crippen LogP contribution in [0.15, 0.2) is 4.99 Å². The molecule has 0 fully saturated rings. The van der Waals surface area contributed by atoms with Crippen molar-refractivity contribution >= 4 is 17.9 Å². The Labute approximate surface area is 148 Å². The Kier molecular flexibility index (Phi) is 12.4. The molecule has 1 atom stereocenters. The molecule has 0 aliphatic heterocycles. The quantitative estimate of drug-likeness (QED) is 0.400. The van der Waals surface area contributed by atoms with Crippen molar-refractivity contribution in [3.05, 3.63) is 0 Å². The first kappa shape index (κ1) is 22.8. The summed E-state index contributed by atoms with van der Waals surface area (Å²) in [4.78, 5) is 28.0. The second kappa shape index (κ2) is 13.1. The van der Waals surface area contributed by atoms with E-state index in [1.807, 2.05) is 33.9 Å². The molecule has 0 aromatic carbocycles. The number of aliphatic imine (C=N–C) groups is 1. The number of ketones is 1. The average molecular weight is 340 g/mol. The smallest absolute Gasteiger partial charge is 0.222 e. The molecule has 5 nitrogen and oxygen atoms in total. The van der Waals surface area contributed by atoms with Crippen molar-refractivity contribution in [1.82, 2.24) is 10.6 Å². The van der Waals surface area contributed by atoms with Crippen LogP contribution in [0, 0.1) is 0 Å². The second-order valence-corrected chi connectivity index (χ2v) is 7.32. The molecule has 0 aliphatic carbocycles. The van der Waals surface area contributed by atoms with E-state index in [4.69, 9.17) is 0 Å². The Morgan fingerprint density at radius 2 is 1.71 bits per heavy atom. The maximum absolute atomic E-state index is 12.0. The number of hydrogen-bond donors (Lipinski definition) is 2. The number of carbonyl (C=O) groups excluding carboxylic acids is 2. The zero-order valence-electron chi connectivity index (χ0n) is 16.3. The molecule has 2 N–H and O–H groups in total. The molecular weight excluding hydrogens is 302 g/mol. The monoisotopic (exact) mass is 339 g/mol. The summed E-state index contributed by atoms with van der Waals surface area (Å²) in [6.07, 6.45) is 9.39. The number of hydrogen-bond acceptors (Lipinski definition) is 4. The number of nitrogens with one attached hydrogen (secondary N) is 2. The van der Waals surface area contributed by atoms with Crippen LogP contribution in [0.2, 0.25) is 0 Å². The Morgan fingerprint density at radius 3 is 2.29 bits per heavy atom. The largest absolute Gasteiger partial charge is 0.356 e. The standard InChI is InChI=1S/C19H37N3O2/c1-6-17(23)16(22-19(2,3)4)15-18(24)21-14-12-10-8-7-9-11-13-20-5/h13,16,22H,6-12,14-15H2,1-5H3,(H,21,24). The molecule has 1 unspecified atom stereocenters. The molecule has 0 aromatic rings. The first-order valence-electron chi connectivity index (χ1n) is 9.28. The summed E-state index contributed by atoms with van der Waals surface area (Å²) in [5.41, 5.74) is -0.182. The Hall–Kier alpha value is -1.23. The zero-order chi connectivity index (χ0) is 18.4. The van der Waals surface area contributed by atoms with Crippen LogP contribution in [0.3, 0.4) is 0 Å². The van der Waals surface area contributed by atoms with Gasteiger partial charge in [0.05, 0.1) is 6.04 Å². The van der Waals surface area contributed by atoms with E-state index >= 15 is 0 Å². The fraction of sp³-hybridized carbons (Fsp3) is 0.842. The van der Waals surface area contributed by atoms with E-state index in [0.29, 0.717) is 13.0 Å². The van der Waals surface area contributed by atoms with Crippen molar-refractivity contribution in [2.75, 3.05) is 13.6 Å². The number of rotatable bonds is 13. The van der Waals surface area contributed by atoms with Gasteiger partial charge in [-0.1, -0.05) is 26.2 Å². The number of nitrogens with zero attached hydrogens (tertiary/aromatic N) is 1. The van der Waals surface area contributed by atoms with Gasteiger partial charge >= 0.3 is 0 Å². The summed E-state index contributed by atoms with van der Waals surface area (Å²) in [6.45, 7) is 8.55. The van der Waals surface area contributed by atoms with Crippen LogP contribution in [0.25, 0.3) is 0 Å². The third-order valence-corrected chi connectivity index (χ3v) is 3.75. The van der Waals surface area contributed by atoms with E-state index in [1.54, 1.807) is 7.05 Å². The molecule has 24 heavy (non-hydrogen) atoms. The topological polar surface area (TPSA) is 70.6 Å². The highest BCUT2D eigenvalue weighted by Crippen LogP contribution is 2.07.